The Labute approximate surface area is 167 Å². The first-order valence-corrected chi connectivity index (χ1v) is 9.92. The lowest BCUT2D eigenvalue weighted by atomic mass is 10.0. The van der Waals surface area contributed by atoms with Crippen molar-refractivity contribution in [3.63, 3.8) is 0 Å². The van der Waals surface area contributed by atoms with Gasteiger partial charge in [-0.25, -0.2) is 4.98 Å². The highest BCUT2D eigenvalue weighted by Gasteiger charge is 2.23. The van der Waals surface area contributed by atoms with Gasteiger partial charge in [0.05, 0.1) is 24.9 Å². The van der Waals surface area contributed by atoms with Gasteiger partial charge in [-0.15, -0.1) is 0 Å². The van der Waals surface area contributed by atoms with Gasteiger partial charge in [0.1, 0.15) is 5.75 Å². The van der Waals surface area contributed by atoms with Crippen LogP contribution in [0.3, 0.4) is 0 Å². The van der Waals surface area contributed by atoms with Gasteiger partial charge < -0.3 is 9.47 Å². The predicted molar refractivity (Wildman–Crippen MR) is 114 cm³/mol. The molecule has 4 heteroatoms. The van der Waals surface area contributed by atoms with E-state index in [1.54, 1.807) is 14.2 Å². The van der Waals surface area contributed by atoms with Crippen molar-refractivity contribution in [2.45, 2.75) is 19.9 Å². The number of hydrogen-bond donors (Lipinski definition) is 0. The van der Waals surface area contributed by atoms with Crippen molar-refractivity contribution in [1.29, 1.82) is 0 Å². The topological polar surface area (TPSA) is 34.6 Å². The van der Waals surface area contributed by atoms with Crippen LogP contribution in [0.1, 0.15) is 17.5 Å². The lowest BCUT2D eigenvalue weighted by molar-refractivity contribution is 0.152. The maximum Gasteiger partial charge on any atom is 0.118 e. The quantitative estimate of drug-likeness (QED) is 0.625. The van der Waals surface area contributed by atoms with E-state index in [0.29, 0.717) is 5.92 Å². The van der Waals surface area contributed by atoms with E-state index < -0.39 is 0 Å². The number of aryl methyl sites for hydroxylation is 1. The molecule has 2 heterocycles. The molecule has 1 aliphatic rings. The molecule has 0 spiro atoms. The van der Waals surface area contributed by atoms with E-state index in [1.165, 1.54) is 22.9 Å². The average molecular weight is 377 g/mol. The Kier molecular flexibility index (Phi) is 5.60. The zero-order chi connectivity index (χ0) is 19.5. The van der Waals surface area contributed by atoms with E-state index in [2.05, 4.69) is 48.2 Å². The summed E-state index contributed by atoms with van der Waals surface area (Å²) in [5, 5.41) is 1.20. The van der Waals surface area contributed by atoms with Crippen molar-refractivity contribution in [2.24, 2.45) is 5.92 Å². The summed E-state index contributed by atoms with van der Waals surface area (Å²) in [4.78, 5) is 7.59. The van der Waals surface area contributed by atoms with Gasteiger partial charge in [0.2, 0.25) is 0 Å². The number of fused-ring (bicyclic) bond motifs is 1. The molecule has 1 saturated heterocycles. The van der Waals surface area contributed by atoms with Gasteiger partial charge >= 0.3 is 0 Å². The molecule has 0 amide bonds. The fourth-order valence-corrected chi connectivity index (χ4v) is 4.11. The highest BCUT2D eigenvalue weighted by molar-refractivity contribution is 5.84. The van der Waals surface area contributed by atoms with Crippen LogP contribution < -0.4 is 4.74 Å². The fraction of sp³-hybridized carbons (Fsp3) is 0.375. The van der Waals surface area contributed by atoms with Crippen LogP contribution in [0, 0.1) is 12.8 Å². The molecule has 4 rings (SSSR count). The van der Waals surface area contributed by atoms with Crippen molar-refractivity contribution in [3.05, 3.63) is 59.7 Å². The number of ether oxygens (including phenoxy) is 2. The van der Waals surface area contributed by atoms with Gasteiger partial charge in [0.15, 0.2) is 0 Å². The summed E-state index contributed by atoms with van der Waals surface area (Å²) >= 11 is 0. The summed E-state index contributed by atoms with van der Waals surface area (Å²) in [6, 6.07) is 17.0. The van der Waals surface area contributed by atoms with Crippen LogP contribution in [0.2, 0.25) is 0 Å². The zero-order valence-electron chi connectivity index (χ0n) is 16.9. The molecule has 0 bridgehead atoms. The Morgan fingerprint density at radius 2 is 1.89 bits per heavy atom. The Balaban J connectivity index is 1.71. The molecule has 3 aromatic rings. The molecule has 0 N–H and O–H groups in total. The minimum atomic E-state index is 0.630. The molecular formula is C24H28N2O2. The first-order valence-electron chi connectivity index (χ1n) is 9.92. The first kappa shape index (κ1) is 18.9. The number of aromatic nitrogens is 1. The number of benzene rings is 2. The minimum absolute atomic E-state index is 0.630. The molecule has 0 saturated carbocycles. The van der Waals surface area contributed by atoms with Crippen molar-refractivity contribution in [1.82, 2.24) is 9.88 Å². The minimum Gasteiger partial charge on any atom is -0.497 e. The smallest absolute Gasteiger partial charge is 0.118 e. The van der Waals surface area contributed by atoms with Gasteiger partial charge in [-0.05, 0) is 73.3 Å². The summed E-state index contributed by atoms with van der Waals surface area (Å²) in [6.45, 7) is 6.07. The van der Waals surface area contributed by atoms with Gasteiger partial charge in [0.25, 0.3) is 0 Å². The SMILES string of the molecule is COC[C@@H]1CCN(Cc2cc3ccc(C)cc3nc2-c2ccc(OC)cc2)C1. The third kappa shape index (κ3) is 4.03. The normalized spacial score (nSPS) is 17.3. The molecule has 146 valence electrons. The number of hydrogen-bond acceptors (Lipinski definition) is 4. The lowest BCUT2D eigenvalue weighted by Gasteiger charge is -2.19. The summed E-state index contributed by atoms with van der Waals surface area (Å²) in [5.74, 6) is 1.49. The Bertz CT molecular complexity index is 953. The maximum atomic E-state index is 5.36. The molecule has 4 nitrogen and oxygen atoms in total. The molecule has 1 aromatic heterocycles. The van der Waals surface area contributed by atoms with Crippen LogP contribution in [0.15, 0.2) is 48.5 Å². The molecule has 0 aliphatic carbocycles. The van der Waals surface area contributed by atoms with Crippen LogP contribution in [0.5, 0.6) is 5.75 Å². The first-order chi connectivity index (χ1) is 13.7. The second-order valence-electron chi connectivity index (χ2n) is 7.77. The second kappa shape index (κ2) is 8.29. The third-order valence-corrected chi connectivity index (χ3v) is 5.58. The van der Waals surface area contributed by atoms with Gasteiger partial charge in [-0.3, -0.25) is 4.90 Å². The van der Waals surface area contributed by atoms with Crippen LogP contribution >= 0.6 is 0 Å². The van der Waals surface area contributed by atoms with E-state index in [0.717, 1.165) is 48.8 Å². The van der Waals surface area contributed by atoms with Crippen molar-refractivity contribution in [2.75, 3.05) is 33.9 Å². The third-order valence-electron chi connectivity index (χ3n) is 5.58. The number of pyridine rings is 1. The molecule has 2 aromatic carbocycles. The van der Waals surface area contributed by atoms with Gasteiger partial charge in [-0.2, -0.15) is 0 Å². The number of rotatable bonds is 6. The number of methoxy groups -OCH3 is 2. The zero-order valence-corrected chi connectivity index (χ0v) is 16.9. The summed E-state index contributed by atoms with van der Waals surface area (Å²) in [5.41, 5.74) is 5.76. The standard InChI is InChI=1S/C24H28N2O2/c1-17-4-5-20-13-21(15-26-11-10-18(14-26)16-27-2)24(25-23(20)12-17)19-6-8-22(28-3)9-7-19/h4-9,12-13,18H,10-11,14-16H2,1-3H3/t18-/m1/s1. The van der Waals surface area contributed by atoms with E-state index >= 15 is 0 Å². The highest BCUT2D eigenvalue weighted by Crippen LogP contribution is 2.30. The number of nitrogens with zero attached hydrogens (tertiary/aromatic N) is 2. The monoisotopic (exact) mass is 376 g/mol. The highest BCUT2D eigenvalue weighted by atomic mass is 16.5. The van der Waals surface area contributed by atoms with Crippen molar-refractivity contribution < 1.29 is 9.47 Å². The van der Waals surface area contributed by atoms with Crippen molar-refractivity contribution >= 4 is 10.9 Å². The summed E-state index contributed by atoms with van der Waals surface area (Å²) < 4.78 is 10.7. The van der Waals surface area contributed by atoms with E-state index in [1.807, 2.05) is 12.1 Å². The Morgan fingerprint density at radius 3 is 2.64 bits per heavy atom. The largest absolute Gasteiger partial charge is 0.497 e. The maximum absolute atomic E-state index is 5.36. The van der Waals surface area contributed by atoms with Crippen LogP contribution in [0.25, 0.3) is 22.2 Å². The van der Waals surface area contributed by atoms with Crippen molar-refractivity contribution in [3.8, 4) is 17.0 Å². The Morgan fingerprint density at radius 1 is 1.07 bits per heavy atom. The fourth-order valence-electron chi connectivity index (χ4n) is 4.11. The Hall–Kier alpha value is -2.43. The lowest BCUT2D eigenvalue weighted by Crippen LogP contribution is -2.22. The second-order valence-corrected chi connectivity index (χ2v) is 7.77. The van der Waals surface area contributed by atoms with E-state index in [-0.39, 0.29) is 0 Å². The van der Waals surface area contributed by atoms with Gasteiger partial charge in [0, 0.05) is 31.1 Å². The van der Waals surface area contributed by atoms with E-state index in [4.69, 9.17) is 14.5 Å². The molecule has 1 atom stereocenters. The average Bonchev–Trinajstić information content (AvgIpc) is 3.15. The van der Waals surface area contributed by atoms with Gasteiger partial charge in [-0.1, -0.05) is 12.1 Å². The van der Waals surface area contributed by atoms with Crippen LogP contribution in [0.4, 0.5) is 0 Å². The molecule has 1 aliphatic heterocycles. The summed E-state index contributed by atoms with van der Waals surface area (Å²) in [6.07, 6.45) is 1.20. The van der Waals surface area contributed by atoms with Crippen LogP contribution in [-0.4, -0.2) is 43.8 Å². The predicted octanol–water partition coefficient (Wildman–Crippen LogP) is 4.69. The summed E-state index contributed by atoms with van der Waals surface area (Å²) in [7, 11) is 3.49. The molecular weight excluding hydrogens is 348 g/mol. The molecule has 0 radical (unpaired) electrons. The number of likely N-dealkylation sites (tertiary alicyclic amines) is 1. The van der Waals surface area contributed by atoms with E-state index in [9.17, 15) is 0 Å². The molecule has 28 heavy (non-hydrogen) atoms. The van der Waals surface area contributed by atoms with Crippen LogP contribution in [-0.2, 0) is 11.3 Å². The molecule has 1 fully saturated rings. The molecule has 0 unspecified atom stereocenters.